The van der Waals surface area contributed by atoms with Crippen molar-refractivity contribution in [1.29, 1.82) is 0 Å². The van der Waals surface area contributed by atoms with Crippen LogP contribution in [0.3, 0.4) is 0 Å². The van der Waals surface area contributed by atoms with Crippen LogP contribution in [0.1, 0.15) is 29.9 Å². The molecule has 5 rings (SSSR count). The molecule has 3 aromatic carbocycles. The van der Waals surface area contributed by atoms with Crippen molar-refractivity contribution < 1.29 is 22.5 Å². The number of nitrogens with zero attached hydrogens (tertiary/aromatic N) is 1. The van der Waals surface area contributed by atoms with Crippen molar-refractivity contribution in [1.82, 2.24) is 4.31 Å². The highest BCUT2D eigenvalue weighted by molar-refractivity contribution is 7.90. The van der Waals surface area contributed by atoms with E-state index in [2.05, 4.69) is 58.0 Å². The molecule has 3 aromatic rings. The average molecular weight is 473 g/mol. The van der Waals surface area contributed by atoms with Crippen LogP contribution >= 0.6 is 0 Å². The number of anilines is 1. The van der Waals surface area contributed by atoms with E-state index in [4.69, 9.17) is 0 Å². The molecule has 0 spiro atoms. The molecule has 1 aliphatic heterocycles. The second kappa shape index (κ2) is 8.93. The summed E-state index contributed by atoms with van der Waals surface area (Å²) in [4.78, 5) is 0. The van der Waals surface area contributed by atoms with Gasteiger partial charge in [0, 0.05) is 12.5 Å². The van der Waals surface area contributed by atoms with E-state index in [1.807, 2.05) is 4.31 Å². The first kappa shape index (κ1) is 22.1. The zero-order valence-electron chi connectivity index (χ0n) is 17.7. The molecule has 1 fully saturated rings. The normalized spacial score (nSPS) is 19.6. The Labute approximate surface area is 193 Å². The first-order chi connectivity index (χ1) is 15.9. The summed E-state index contributed by atoms with van der Waals surface area (Å²) < 4.78 is 58.8. The van der Waals surface area contributed by atoms with E-state index in [1.165, 1.54) is 46.5 Å². The fourth-order valence-electron chi connectivity index (χ4n) is 4.99. The van der Waals surface area contributed by atoms with Gasteiger partial charge in [-0.25, -0.2) is 0 Å². The fraction of sp³-hybridized carbons (Fsp3) is 0.280. The van der Waals surface area contributed by atoms with E-state index in [0.29, 0.717) is 24.7 Å². The molecule has 172 valence electrons. The Balaban J connectivity index is 1.29. The lowest BCUT2D eigenvalue weighted by Crippen LogP contribution is -2.44. The van der Waals surface area contributed by atoms with Crippen molar-refractivity contribution in [3.05, 3.63) is 83.9 Å². The molecular weight excluding hydrogens is 449 g/mol. The fourth-order valence-corrected chi connectivity index (χ4v) is 6.08. The Morgan fingerprint density at radius 3 is 2.12 bits per heavy atom. The minimum absolute atomic E-state index is 0.260. The third-order valence-electron chi connectivity index (χ3n) is 6.30. The Morgan fingerprint density at radius 2 is 1.52 bits per heavy atom. The van der Waals surface area contributed by atoms with Crippen molar-refractivity contribution in [2.75, 3.05) is 17.8 Å². The number of benzene rings is 3. The van der Waals surface area contributed by atoms with Crippen LogP contribution in [0.15, 0.2) is 72.8 Å². The van der Waals surface area contributed by atoms with Gasteiger partial charge in [-0.15, -0.1) is 17.5 Å². The highest BCUT2D eigenvalue weighted by atomic mass is 32.2. The Kier molecular flexibility index (Phi) is 5.99. The summed E-state index contributed by atoms with van der Waals surface area (Å²) in [5.41, 5.74) is 5.67. The largest absolute Gasteiger partial charge is 0.573 e. The third-order valence-corrected chi connectivity index (χ3v) is 7.51. The predicted octanol–water partition coefficient (Wildman–Crippen LogP) is 6.10. The number of rotatable bonds is 5. The maximum absolute atomic E-state index is 13.0. The van der Waals surface area contributed by atoms with Crippen molar-refractivity contribution in [3.63, 3.8) is 0 Å². The number of hydrogen-bond donors (Lipinski definition) is 1. The zero-order valence-corrected chi connectivity index (χ0v) is 18.5. The van der Waals surface area contributed by atoms with Gasteiger partial charge in [-0.3, -0.25) is 0 Å². The number of ether oxygens (including phenoxy) is 1. The standard InChI is InChI=1S/C25H23F3N2O2S/c26-25(27,28)32-19-13-11-18(12-14-19)29-33(31)30-15-5-6-17(16-30)24-22-9-3-1-7-20(22)21-8-2-4-10-23(21)24/h1-4,7-14,17,24,29H,5-6,15-16H2. The summed E-state index contributed by atoms with van der Waals surface area (Å²) in [6.07, 6.45) is -2.76. The molecule has 0 amide bonds. The van der Waals surface area contributed by atoms with E-state index in [0.717, 1.165) is 12.8 Å². The monoisotopic (exact) mass is 472 g/mol. The van der Waals surface area contributed by atoms with E-state index >= 15 is 0 Å². The second-order valence-electron chi connectivity index (χ2n) is 8.37. The van der Waals surface area contributed by atoms with Gasteiger partial charge < -0.3 is 9.29 Å². The maximum atomic E-state index is 13.0. The van der Waals surface area contributed by atoms with Gasteiger partial charge in [0.05, 0.1) is 12.2 Å². The molecule has 0 aromatic heterocycles. The molecule has 2 atom stereocenters. The van der Waals surface area contributed by atoms with Gasteiger partial charge in [-0.1, -0.05) is 48.5 Å². The molecule has 0 bridgehead atoms. The van der Waals surface area contributed by atoms with Crippen LogP contribution in [-0.2, 0) is 11.5 Å². The number of nitrogens with one attached hydrogen (secondary N) is 1. The zero-order chi connectivity index (χ0) is 23.0. The molecular formula is C25H23F3N2O2S. The van der Waals surface area contributed by atoms with Crippen LogP contribution in [0.25, 0.3) is 11.1 Å². The van der Waals surface area contributed by atoms with E-state index in [9.17, 15) is 17.7 Å². The second-order valence-corrected chi connectivity index (χ2v) is 9.58. The first-order valence-corrected chi connectivity index (χ1v) is 12.0. The van der Waals surface area contributed by atoms with Crippen LogP contribution in [0, 0.1) is 5.92 Å². The Morgan fingerprint density at radius 1 is 0.909 bits per heavy atom. The van der Waals surface area contributed by atoms with Gasteiger partial charge in [-0.05, 0) is 65.3 Å². The number of halogens is 3. The van der Waals surface area contributed by atoms with Crippen LogP contribution in [0.5, 0.6) is 5.75 Å². The van der Waals surface area contributed by atoms with Crippen LogP contribution < -0.4 is 9.46 Å². The summed E-state index contributed by atoms with van der Waals surface area (Å²) in [6, 6.07) is 22.3. The lowest BCUT2D eigenvalue weighted by molar-refractivity contribution is -0.274. The highest BCUT2D eigenvalue weighted by Crippen LogP contribution is 2.49. The minimum atomic E-state index is -4.74. The molecule has 1 N–H and O–H groups in total. The lowest BCUT2D eigenvalue weighted by atomic mass is 9.80. The summed E-state index contributed by atoms with van der Waals surface area (Å²) >= 11 is -1.50. The molecule has 33 heavy (non-hydrogen) atoms. The van der Waals surface area contributed by atoms with Gasteiger partial charge in [0.15, 0.2) is 11.5 Å². The minimum Gasteiger partial charge on any atom is -0.573 e. The topological polar surface area (TPSA) is 47.6 Å². The summed E-state index contributed by atoms with van der Waals surface area (Å²) in [5.74, 6) is 0.267. The number of piperidine rings is 1. The Hall–Kier alpha value is -2.68. The maximum Gasteiger partial charge on any atom is 0.573 e. The third kappa shape index (κ3) is 4.69. The van der Waals surface area contributed by atoms with Crippen molar-refractivity contribution >= 4 is 17.2 Å². The highest BCUT2D eigenvalue weighted by Gasteiger charge is 2.39. The summed E-state index contributed by atoms with van der Waals surface area (Å²) in [5, 5.41) is 0. The van der Waals surface area contributed by atoms with Crippen molar-refractivity contribution in [2.24, 2.45) is 5.92 Å². The van der Waals surface area contributed by atoms with Gasteiger partial charge in [0.25, 0.3) is 0 Å². The molecule has 8 heteroatoms. The molecule has 0 saturated carbocycles. The van der Waals surface area contributed by atoms with Crippen molar-refractivity contribution in [3.8, 4) is 16.9 Å². The molecule has 2 aliphatic rings. The van der Waals surface area contributed by atoms with Crippen LogP contribution in [-0.4, -0.2) is 28.3 Å². The SMILES string of the molecule is [O-][S+](Nc1ccc(OC(F)(F)F)cc1)N1CCCC(C2c3ccccc3-c3ccccc32)C1. The van der Waals surface area contributed by atoms with Gasteiger partial charge in [0.2, 0.25) is 0 Å². The molecule has 1 heterocycles. The number of alkyl halides is 3. The lowest BCUT2D eigenvalue weighted by Gasteiger charge is -2.35. The van der Waals surface area contributed by atoms with E-state index in [-0.39, 0.29) is 11.7 Å². The molecule has 0 radical (unpaired) electrons. The molecule has 1 aliphatic carbocycles. The Bertz CT molecular complexity index is 1080. The predicted molar refractivity (Wildman–Crippen MR) is 123 cm³/mol. The van der Waals surface area contributed by atoms with Crippen LogP contribution in [0.2, 0.25) is 0 Å². The van der Waals surface area contributed by atoms with Gasteiger partial charge >= 0.3 is 6.36 Å². The van der Waals surface area contributed by atoms with E-state index < -0.39 is 17.9 Å². The van der Waals surface area contributed by atoms with Gasteiger partial charge in [-0.2, -0.15) is 4.72 Å². The molecule has 1 saturated heterocycles. The quantitative estimate of drug-likeness (QED) is 0.456. The number of hydrogen-bond acceptors (Lipinski definition) is 4. The molecule has 4 nitrogen and oxygen atoms in total. The average Bonchev–Trinajstić information content (AvgIpc) is 3.14. The van der Waals surface area contributed by atoms with Gasteiger partial charge in [0.1, 0.15) is 5.75 Å². The van der Waals surface area contributed by atoms with Crippen molar-refractivity contribution in [2.45, 2.75) is 25.1 Å². The van der Waals surface area contributed by atoms with E-state index in [1.54, 1.807) is 0 Å². The first-order valence-electron chi connectivity index (χ1n) is 10.9. The number of fused-ring (bicyclic) bond motifs is 3. The summed E-state index contributed by atoms with van der Waals surface area (Å²) in [7, 11) is 0. The van der Waals surface area contributed by atoms with Crippen LogP contribution in [0.4, 0.5) is 18.9 Å². The molecule has 2 unspecified atom stereocenters. The smallest absolute Gasteiger partial charge is 0.573 e. The summed E-state index contributed by atoms with van der Waals surface area (Å²) in [6.45, 7) is 1.36.